The van der Waals surface area contributed by atoms with Gasteiger partial charge in [0.15, 0.2) is 0 Å². The van der Waals surface area contributed by atoms with E-state index in [9.17, 15) is 8.42 Å². The molecule has 0 amide bonds. The summed E-state index contributed by atoms with van der Waals surface area (Å²) in [6, 6.07) is 2.00. The van der Waals surface area contributed by atoms with Crippen molar-refractivity contribution in [2.24, 2.45) is 0 Å². The van der Waals surface area contributed by atoms with Crippen molar-refractivity contribution in [2.45, 2.75) is 6.92 Å². The third kappa shape index (κ3) is 3.54. The molecule has 104 valence electrons. The Kier molecular flexibility index (Phi) is 3.91. The van der Waals surface area contributed by atoms with Gasteiger partial charge in [-0.25, -0.2) is 13.4 Å². The number of hydrogen-bond acceptors (Lipinski definition) is 7. The Labute approximate surface area is 116 Å². The second-order valence-electron chi connectivity index (χ2n) is 4.28. The molecule has 2 rings (SSSR count). The molecule has 2 aromatic rings. The first-order valence-corrected chi connectivity index (χ1v) is 8.64. The molecule has 2 N–H and O–H groups in total. The van der Waals surface area contributed by atoms with E-state index in [0.717, 1.165) is 15.1 Å². The van der Waals surface area contributed by atoms with E-state index in [0.29, 0.717) is 18.3 Å². The second kappa shape index (κ2) is 5.30. The fraction of sp³-hybridized carbons (Fsp3) is 0.455. The number of sulfone groups is 1. The van der Waals surface area contributed by atoms with Gasteiger partial charge in [-0.3, -0.25) is 0 Å². The minimum absolute atomic E-state index is 0.0799. The van der Waals surface area contributed by atoms with Gasteiger partial charge in [-0.2, -0.15) is 4.98 Å². The topological polar surface area (TPSA) is 84.0 Å². The molecule has 0 saturated carbocycles. The van der Waals surface area contributed by atoms with Crippen LogP contribution in [0.15, 0.2) is 6.07 Å². The molecule has 0 radical (unpaired) electrons. The Morgan fingerprint density at radius 1 is 1.37 bits per heavy atom. The minimum atomic E-state index is -2.98. The summed E-state index contributed by atoms with van der Waals surface area (Å²) in [6.45, 7) is 2.34. The molecular weight excluding hydrogens is 284 g/mol. The van der Waals surface area contributed by atoms with Crippen LogP contribution in [0.25, 0.3) is 10.2 Å². The Morgan fingerprint density at radius 2 is 2.11 bits per heavy atom. The number of rotatable bonds is 5. The molecule has 0 saturated heterocycles. The molecule has 2 heterocycles. The smallest absolute Gasteiger partial charge is 0.225 e. The first-order valence-electron chi connectivity index (χ1n) is 5.76. The fourth-order valence-corrected chi connectivity index (χ4v) is 3.00. The fourth-order valence-electron chi connectivity index (χ4n) is 1.64. The van der Waals surface area contributed by atoms with Gasteiger partial charge in [0, 0.05) is 24.7 Å². The predicted molar refractivity (Wildman–Crippen MR) is 79.9 cm³/mol. The van der Waals surface area contributed by atoms with Gasteiger partial charge in [0.1, 0.15) is 20.5 Å². The van der Waals surface area contributed by atoms with E-state index in [1.165, 1.54) is 6.26 Å². The second-order valence-corrected chi connectivity index (χ2v) is 7.77. The molecule has 19 heavy (non-hydrogen) atoms. The van der Waals surface area contributed by atoms with E-state index in [4.69, 9.17) is 0 Å². The average molecular weight is 300 g/mol. The first-order chi connectivity index (χ1) is 8.89. The predicted octanol–water partition coefficient (Wildman–Crippen LogP) is 1.50. The summed E-state index contributed by atoms with van der Waals surface area (Å²) in [7, 11) is -1.23. The Bertz CT molecular complexity index is 694. The normalized spacial score (nSPS) is 11.7. The lowest BCUT2D eigenvalue weighted by atomic mass is 10.3. The van der Waals surface area contributed by atoms with Crippen LogP contribution in [0.4, 0.5) is 11.8 Å². The van der Waals surface area contributed by atoms with E-state index in [-0.39, 0.29) is 5.75 Å². The Morgan fingerprint density at radius 3 is 2.74 bits per heavy atom. The summed E-state index contributed by atoms with van der Waals surface area (Å²) >= 11 is 1.59. The maximum Gasteiger partial charge on any atom is 0.225 e. The van der Waals surface area contributed by atoms with Crippen LogP contribution in [0.1, 0.15) is 4.88 Å². The van der Waals surface area contributed by atoms with Crippen molar-refractivity contribution >= 4 is 43.2 Å². The lowest BCUT2D eigenvalue weighted by Crippen LogP contribution is -2.15. The summed E-state index contributed by atoms with van der Waals surface area (Å²) in [5.74, 6) is 1.27. The standard InChI is InChI=1S/C11H16N4O2S2/c1-7-6-8-9(13-4-5-19(3,16)17)14-11(12-2)15-10(8)18-7/h6H,4-5H2,1-3H3,(H2,12,13,14,15). The van der Waals surface area contributed by atoms with Crippen LogP contribution in [-0.4, -0.2) is 44.0 Å². The van der Waals surface area contributed by atoms with E-state index in [1.807, 2.05) is 13.0 Å². The highest BCUT2D eigenvalue weighted by atomic mass is 32.2. The van der Waals surface area contributed by atoms with E-state index < -0.39 is 9.84 Å². The van der Waals surface area contributed by atoms with Crippen LogP contribution in [0.5, 0.6) is 0 Å². The number of anilines is 2. The number of fused-ring (bicyclic) bond motifs is 1. The summed E-state index contributed by atoms with van der Waals surface area (Å²) in [6.07, 6.45) is 1.22. The third-order valence-electron chi connectivity index (χ3n) is 2.50. The third-order valence-corrected chi connectivity index (χ3v) is 4.39. The van der Waals surface area contributed by atoms with Gasteiger partial charge in [-0.15, -0.1) is 11.3 Å². The van der Waals surface area contributed by atoms with Crippen molar-refractivity contribution < 1.29 is 8.42 Å². The summed E-state index contributed by atoms with van der Waals surface area (Å²) < 4.78 is 22.3. The molecule has 0 aliphatic carbocycles. The number of hydrogen-bond donors (Lipinski definition) is 2. The highest BCUT2D eigenvalue weighted by Gasteiger charge is 2.10. The molecule has 0 aromatic carbocycles. The first kappa shape index (κ1) is 14.0. The molecular formula is C11H16N4O2S2. The zero-order valence-corrected chi connectivity index (χ0v) is 12.7. The van der Waals surface area contributed by atoms with Crippen LogP contribution in [-0.2, 0) is 9.84 Å². The SMILES string of the molecule is CNc1nc(NCCS(C)(=O)=O)c2cc(C)sc2n1. The Hall–Kier alpha value is -1.41. The lowest BCUT2D eigenvalue weighted by Gasteiger charge is -2.07. The lowest BCUT2D eigenvalue weighted by molar-refractivity contribution is 0.602. The molecule has 6 nitrogen and oxygen atoms in total. The molecule has 0 aliphatic rings. The highest BCUT2D eigenvalue weighted by Crippen LogP contribution is 2.29. The number of aromatic nitrogens is 2. The van der Waals surface area contributed by atoms with Crippen LogP contribution >= 0.6 is 11.3 Å². The van der Waals surface area contributed by atoms with Crippen LogP contribution in [0.2, 0.25) is 0 Å². The minimum Gasteiger partial charge on any atom is -0.368 e. The largest absolute Gasteiger partial charge is 0.368 e. The molecule has 0 fully saturated rings. The van der Waals surface area contributed by atoms with Crippen molar-refractivity contribution in [1.82, 2.24) is 9.97 Å². The number of aryl methyl sites for hydroxylation is 1. The van der Waals surface area contributed by atoms with Crippen LogP contribution in [0, 0.1) is 6.92 Å². The molecule has 0 unspecified atom stereocenters. The van der Waals surface area contributed by atoms with Crippen LogP contribution < -0.4 is 10.6 Å². The molecule has 8 heteroatoms. The zero-order valence-electron chi connectivity index (χ0n) is 11.0. The van der Waals surface area contributed by atoms with Crippen molar-refractivity contribution in [3.63, 3.8) is 0 Å². The van der Waals surface area contributed by atoms with Gasteiger partial charge in [0.2, 0.25) is 5.95 Å². The summed E-state index contributed by atoms with van der Waals surface area (Å²) in [4.78, 5) is 10.7. The van der Waals surface area contributed by atoms with Crippen molar-refractivity contribution in [1.29, 1.82) is 0 Å². The Balaban J connectivity index is 2.30. The molecule has 0 bridgehead atoms. The highest BCUT2D eigenvalue weighted by molar-refractivity contribution is 7.90. The van der Waals surface area contributed by atoms with Crippen molar-refractivity contribution in [3.8, 4) is 0 Å². The van der Waals surface area contributed by atoms with Gasteiger partial charge < -0.3 is 10.6 Å². The van der Waals surface area contributed by atoms with Gasteiger partial charge >= 0.3 is 0 Å². The zero-order chi connectivity index (χ0) is 14.0. The van der Waals surface area contributed by atoms with Gasteiger partial charge in [0.25, 0.3) is 0 Å². The number of nitrogens with one attached hydrogen (secondary N) is 2. The average Bonchev–Trinajstić information content (AvgIpc) is 2.67. The van der Waals surface area contributed by atoms with Crippen molar-refractivity contribution in [2.75, 3.05) is 36.2 Å². The van der Waals surface area contributed by atoms with E-state index in [1.54, 1.807) is 18.4 Å². The molecule has 0 aliphatic heterocycles. The number of nitrogens with zero attached hydrogens (tertiary/aromatic N) is 2. The molecule has 2 aromatic heterocycles. The quantitative estimate of drug-likeness (QED) is 0.870. The molecule has 0 spiro atoms. The van der Waals surface area contributed by atoms with Gasteiger partial charge in [-0.1, -0.05) is 0 Å². The number of thiophene rings is 1. The maximum absolute atomic E-state index is 11.1. The van der Waals surface area contributed by atoms with Crippen molar-refractivity contribution in [3.05, 3.63) is 10.9 Å². The summed E-state index contributed by atoms with van der Waals surface area (Å²) in [5, 5.41) is 6.90. The molecule has 0 atom stereocenters. The van der Waals surface area contributed by atoms with E-state index >= 15 is 0 Å². The van der Waals surface area contributed by atoms with Gasteiger partial charge in [-0.05, 0) is 13.0 Å². The monoisotopic (exact) mass is 300 g/mol. The van der Waals surface area contributed by atoms with Crippen LogP contribution in [0.3, 0.4) is 0 Å². The summed E-state index contributed by atoms with van der Waals surface area (Å²) in [5.41, 5.74) is 0. The van der Waals surface area contributed by atoms with Gasteiger partial charge in [0.05, 0.1) is 11.1 Å². The van der Waals surface area contributed by atoms with E-state index in [2.05, 4.69) is 20.6 Å². The maximum atomic E-state index is 11.1.